The average Bonchev–Trinajstić information content (AvgIpc) is 2.92. The van der Waals surface area contributed by atoms with Crippen molar-refractivity contribution in [2.45, 2.75) is 11.4 Å². The second-order valence-electron chi connectivity index (χ2n) is 8.41. The summed E-state index contributed by atoms with van der Waals surface area (Å²) in [4.78, 5) is 23.6. The van der Waals surface area contributed by atoms with Crippen LogP contribution in [-0.4, -0.2) is 43.3 Å². The Bertz CT molecular complexity index is 1270. The molecule has 2 heterocycles. The number of thioether (sulfide) groups is 1. The first-order valence-electron chi connectivity index (χ1n) is 11.6. The maximum atomic E-state index is 12.9. The lowest BCUT2D eigenvalue weighted by molar-refractivity contribution is 0.0951. The van der Waals surface area contributed by atoms with Gasteiger partial charge in [-0.05, 0) is 59.7 Å². The van der Waals surface area contributed by atoms with Crippen molar-refractivity contribution in [1.82, 2.24) is 10.3 Å². The van der Waals surface area contributed by atoms with Crippen molar-refractivity contribution < 1.29 is 4.79 Å². The molecule has 0 unspecified atom stereocenters. The van der Waals surface area contributed by atoms with Gasteiger partial charge in [-0.2, -0.15) is 0 Å². The number of rotatable bonds is 6. The van der Waals surface area contributed by atoms with Crippen LogP contribution in [0.3, 0.4) is 0 Å². The van der Waals surface area contributed by atoms with Crippen LogP contribution in [-0.2, 0) is 6.54 Å². The molecule has 0 spiro atoms. The molecule has 1 aromatic heterocycles. The van der Waals surface area contributed by atoms with Crippen molar-refractivity contribution in [3.63, 3.8) is 0 Å². The summed E-state index contributed by atoms with van der Waals surface area (Å²) in [5, 5.41) is 5.17. The lowest BCUT2D eigenvalue weighted by atomic mass is 10.1. The number of carbonyl (C=O) groups excluding carboxylic acids is 1. The third-order valence-corrected chi connectivity index (χ3v) is 7.06. The fourth-order valence-corrected chi connectivity index (χ4v) is 4.80. The van der Waals surface area contributed by atoms with E-state index in [2.05, 4.69) is 76.0 Å². The largest absolute Gasteiger partial charge is 0.368 e. The van der Waals surface area contributed by atoms with E-state index in [0.717, 1.165) is 48.3 Å². The number of pyridine rings is 1. The molecule has 1 saturated heterocycles. The van der Waals surface area contributed by atoms with Gasteiger partial charge in [0.2, 0.25) is 0 Å². The fourth-order valence-electron chi connectivity index (χ4n) is 4.39. The van der Waals surface area contributed by atoms with Gasteiger partial charge in [-0.3, -0.25) is 4.79 Å². The van der Waals surface area contributed by atoms with Crippen LogP contribution in [0.25, 0.3) is 10.8 Å². The van der Waals surface area contributed by atoms with Crippen molar-refractivity contribution in [2.24, 2.45) is 0 Å². The van der Waals surface area contributed by atoms with Gasteiger partial charge in [0.25, 0.3) is 5.91 Å². The Morgan fingerprint density at radius 2 is 1.65 bits per heavy atom. The molecule has 1 N–H and O–H groups in total. The molecule has 1 aliphatic heterocycles. The number of carbonyl (C=O) groups is 1. The van der Waals surface area contributed by atoms with Gasteiger partial charge in [0, 0.05) is 60.5 Å². The van der Waals surface area contributed by atoms with E-state index in [1.54, 1.807) is 11.8 Å². The van der Waals surface area contributed by atoms with E-state index in [-0.39, 0.29) is 5.91 Å². The van der Waals surface area contributed by atoms with E-state index >= 15 is 0 Å². The summed E-state index contributed by atoms with van der Waals surface area (Å²) >= 11 is 1.71. The van der Waals surface area contributed by atoms with Gasteiger partial charge < -0.3 is 15.1 Å². The smallest absolute Gasteiger partial charge is 0.251 e. The Morgan fingerprint density at radius 1 is 0.912 bits per heavy atom. The molecule has 34 heavy (non-hydrogen) atoms. The van der Waals surface area contributed by atoms with Crippen LogP contribution in [0.4, 0.5) is 11.5 Å². The van der Waals surface area contributed by atoms with Crippen molar-refractivity contribution >= 4 is 39.9 Å². The first-order chi connectivity index (χ1) is 16.7. The summed E-state index contributed by atoms with van der Waals surface area (Å²) in [7, 11) is 0. The standard InChI is InChI=1S/C28H28N4OS/c1-34-25-11-7-21(8-12-25)20-30-28(33)23-10-9-22-13-14-29-27(26(22)19-23)32-17-15-31(16-18-32)24-5-3-2-4-6-24/h2-14,19H,15-18,20H2,1H3,(H,30,33). The first-order valence-corrected chi connectivity index (χ1v) is 12.8. The molecule has 0 saturated carbocycles. The molecule has 5 rings (SSSR count). The zero-order valence-corrected chi connectivity index (χ0v) is 20.1. The van der Waals surface area contributed by atoms with Crippen LogP contribution in [0.5, 0.6) is 0 Å². The van der Waals surface area contributed by atoms with Crippen LogP contribution < -0.4 is 15.1 Å². The van der Waals surface area contributed by atoms with Crippen LogP contribution in [0.15, 0.2) is 90.0 Å². The van der Waals surface area contributed by atoms with Crippen molar-refractivity contribution in [3.05, 3.63) is 96.2 Å². The number of benzene rings is 3. The number of nitrogens with zero attached hydrogens (tertiary/aromatic N) is 3. The number of piperazine rings is 1. The molecule has 4 aromatic rings. The molecular formula is C28H28N4OS. The third kappa shape index (κ3) is 4.87. The van der Waals surface area contributed by atoms with Crippen LogP contribution >= 0.6 is 11.8 Å². The zero-order valence-electron chi connectivity index (χ0n) is 19.3. The highest BCUT2D eigenvalue weighted by atomic mass is 32.2. The predicted octanol–water partition coefficient (Wildman–Crippen LogP) is 5.21. The van der Waals surface area contributed by atoms with Gasteiger partial charge in [0.05, 0.1) is 0 Å². The van der Waals surface area contributed by atoms with Gasteiger partial charge in [-0.25, -0.2) is 4.98 Å². The summed E-state index contributed by atoms with van der Waals surface area (Å²) < 4.78 is 0. The number of amides is 1. The number of para-hydroxylation sites is 1. The van der Waals surface area contributed by atoms with E-state index in [0.29, 0.717) is 12.1 Å². The quantitative estimate of drug-likeness (QED) is 0.394. The highest BCUT2D eigenvalue weighted by Gasteiger charge is 2.20. The van der Waals surface area contributed by atoms with E-state index in [4.69, 9.17) is 4.98 Å². The van der Waals surface area contributed by atoms with Gasteiger partial charge in [0.1, 0.15) is 5.82 Å². The van der Waals surface area contributed by atoms with Crippen molar-refractivity contribution in [1.29, 1.82) is 0 Å². The maximum Gasteiger partial charge on any atom is 0.251 e. The van der Waals surface area contributed by atoms with Gasteiger partial charge in [-0.15, -0.1) is 11.8 Å². The molecule has 1 fully saturated rings. The molecule has 5 nitrogen and oxygen atoms in total. The zero-order chi connectivity index (χ0) is 23.3. The summed E-state index contributed by atoms with van der Waals surface area (Å²) in [5.74, 6) is 0.882. The minimum absolute atomic E-state index is 0.0699. The fraction of sp³-hybridized carbons (Fsp3) is 0.214. The summed E-state index contributed by atoms with van der Waals surface area (Å²) in [6.45, 7) is 4.18. The average molecular weight is 469 g/mol. The lowest BCUT2D eigenvalue weighted by Crippen LogP contribution is -2.46. The summed E-state index contributed by atoms with van der Waals surface area (Å²) in [6.07, 6.45) is 3.92. The van der Waals surface area contributed by atoms with Crippen molar-refractivity contribution in [2.75, 3.05) is 42.2 Å². The molecule has 1 amide bonds. The molecule has 0 bridgehead atoms. The van der Waals surface area contributed by atoms with Gasteiger partial charge in [-0.1, -0.05) is 36.4 Å². The molecule has 0 aliphatic carbocycles. The minimum atomic E-state index is -0.0699. The Labute approximate surface area is 204 Å². The number of hydrogen-bond donors (Lipinski definition) is 1. The highest BCUT2D eigenvalue weighted by molar-refractivity contribution is 7.98. The molecule has 3 aromatic carbocycles. The monoisotopic (exact) mass is 468 g/mol. The molecule has 1 aliphatic rings. The number of hydrogen-bond acceptors (Lipinski definition) is 5. The Hall–Kier alpha value is -3.51. The predicted molar refractivity (Wildman–Crippen MR) is 142 cm³/mol. The van der Waals surface area contributed by atoms with Crippen LogP contribution in [0, 0.1) is 0 Å². The van der Waals surface area contributed by atoms with E-state index in [1.807, 2.05) is 30.5 Å². The topological polar surface area (TPSA) is 48.5 Å². The Kier molecular flexibility index (Phi) is 6.67. The molecule has 172 valence electrons. The van der Waals surface area contributed by atoms with E-state index in [1.165, 1.54) is 10.6 Å². The van der Waals surface area contributed by atoms with E-state index < -0.39 is 0 Å². The number of nitrogens with one attached hydrogen (secondary N) is 1. The molecule has 0 atom stereocenters. The van der Waals surface area contributed by atoms with Crippen molar-refractivity contribution in [3.8, 4) is 0 Å². The molecule has 0 radical (unpaired) electrons. The normalized spacial score (nSPS) is 13.8. The van der Waals surface area contributed by atoms with E-state index in [9.17, 15) is 4.79 Å². The second-order valence-corrected chi connectivity index (χ2v) is 9.29. The second kappa shape index (κ2) is 10.2. The lowest BCUT2D eigenvalue weighted by Gasteiger charge is -2.37. The summed E-state index contributed by atoms with van der Waals surface area (Å²) in [6, 6.07) is 26.7. The maximum absolute atomic E-state index is 12.9. The van der Waals surface area contributed by atoms with Crippen LogP contribution in [0.1, 0.15) is 15.9 Å². The van der Waals surface area contributed by atoms with Gasteiger partial charge in [0.15, 0.2) is 0 Å². The van der Waals surface area contributed by atoms with Gasteiger partial charge >= 0.3 is 0 Å². The SMILES string of the molecule is CSc1ccc(CNC(=O)c2ccc3ccnc(N4CCN(c5ccccc5)CC4)c3c2)cc1. The highest BCUT2D eigenvalue weighted by Crippen LogP contribution is 2.27. The number of anilines is 2. The Morgan fingerprint density at radius 3 is 2.38 bits per heavy atom. The third-order valence-electron chi connectivity index (χ3n) is 6.32. The first kappa shape index (κ1) is 22.3. The number of fused-ring (bicyclic) bond motifs is 1. The minimum Gasteiger partial charge on any atom is -0.368 e. The Balaban J connectivity index is 1.30. The number of aromatic nitrogens is 1. The summed E-state index contributed by atoms with van der Waals surface area (Å²) in [5.41, 5.74) is 3.01. The van der Waals surface area contributed by atoms with Crippen LogP contribution in [0.2, 0.25) is 0 Å². The molecular weight excluding hydrogens is 440 g/mol. The molecule has 6 heteroatoms.